The zero-order chi connectivity index (χ0) is 23.0. The molecule has 0 radical (unpaired) electrons. The second-order valence-corrected chi connectivity index (χ2v) is 8.05. The van der Waals surface area contributed by atoms with E-state index in [2.05, 4.69) is 0 Å². The first-order valence-corrected chi connectivity index (χ1v) is 10.2. The zero-order valence-corrected chi connectivity index (χ0v) is 17.6. The summed E-state index contributed by atoms with van der Waals surface area (Å²) >= 11 is 6.23. The lowest BCUT2D eigenvalue weighted by atomic mass is 9.77. The van der Waals surface area contributed by atoms with Crippen LogP contribution in [0.2, 0.25) is 0 Å². The van der Waals surface area contributed by atoms with Gasteiger partial charge in [-0.25, -0.2) is 0 Å². The highest BCUT2D eigenvalue weighted by Crippen LogP contribution is 2.44. The molecule has 0 bridgehead atoms. The first kappa shape index (κ1) is 24.1. The molecule has 3 rings (SSSR count). The quantitative estimate of drug-likeness (QED) is 0.277. The van der Waals surface area contributed by atoms with Crippen molar-refractivity contribution in [2.75, 3.05) is 13.2 Å². The maximum atomic E-state index is 11.0. The highest BCUT2D eigenvalue weighted by molar-refractivity contribution is 6.31. The van der Waals surface area contributed by atoms with Gasteiger partial charge >= 0.3 is 0 Å². The van der Waals surface area contributed by atoms with Crippen molar-refractivity contribution in [2.45, 2.75) is 49.3 Å². The number of hydrogen-bond donors (Lipinski definition) is 7. The third-order valence-electron chi connectivity index (χ3n) is 5.71. The molecule has 6 atom stereocenters. The number of hydrogen-bond acceptors (Lipinski definition) is 9. The Morgan fingerprint density at radius 1 is 1.16 bits per heavy atom. The van der Waals surface area contributed by atoms with Crippen LogP contribution in [0.15, 0.2) is 47.0 Å². The van der Waals surface area contributed by atoms with Gasteiger partial charge in [0.1, 0.15) is 30.2 Å². The van der Waals surface area contributed by atoms with Crippen molar-refractivity contribution in [1.29, 1.82) is 0 Å². The zero-order valence-electron chi connectivity index (χ0n) is 16.8. The van der Waals surface area contributed by atoms with Crippen LogP contribution in [0.5, 0.6) is 5.75 Å². The van der Waals surface area contributed by atoms with Gasteiger partial charge in [0.2, 0.25) is 11.6 Å². The van der Waals surface area contributed by atoms with Gasteiger partial charge in [-0.1, -0.05) is 17.7 Å². The molecule has 0 spiro atoms. The molecule has 9 nitrogen and oxygen atoms in total. The van der Waals surface area contributed by atoms with Crippen LogP contribution in [0.25, 0.3) is 0 Å². The number of rotatable bonds is 6. The summed E-state index contributed by atoms with van der Waals surface area (Å²) in [6, 6.07) is 6.04. The standard InChI is InChI=1S/C21H27ClO9/c1-2-30-13-6-3-11(4-7-13)20(27,28)14-9-12(5-8-15(14)22)21(29)19(26)18(25)17(24)16(10-23)31-21/h3-8,12,16-19,23-29H,2,9-10H2,1H3. The predicted octanol–water partition coefficient (Wildman–Crippen LogP) is -0.546. The van der Waals surface area contributed by atoms with Crippen LogP contribution in [0.3, 0.4) is 0 Å². The Kier molecular flexibility index (Phi) is 7.11. The van der Waals surface area contributed by atoms with Gasteiger partial charge in [0.15, 0.2) is 0 Å². The Hall–Kier alpha value is -1.53. The van der Waals surface area contributed by atoms with E-state index in [-0.39, 0.29) is 22.6 Å². The van der Waals surface area contributed by atoms with Crippen LogP contribution in [-0.2, 0) is 10.5 Å². The number of benzene rings is 1. The Bertz CT molecular complexity index is 836. The molecule has 1 aliphatic carbocycles. The van der Waals surface area contributed by atoms with Gasteiger partial charge < -0.3 is 45.2 Å². The molecule has 1 heterocycles. The monoisotopic (exact) mass is 458 g/mol. The van der Waals surface area contributed by atoms with Gasteiger partial charge in [-0.3, -0.25) is 0 Å². The summed E-state index contributed by atoms with van der Waals surface area (Å²) < 4.78 is 10.7. The molecule has 1 saturated heterocycles. The topological polar surface area (TPSA) is 160 Å². The van der Waals surface area contributed by atoms with Crippen molar-refractivity contribution in [3.8, 4) is 5.75 Å². The van der Waals surface area contributed by atoms with E-state index >= 15 is 0 Å². The Morgan fingerprint density at radius 3 is 2.39 bits per heavy atom. The van der Waals surface area contributed by atoms with Crippen molar-refractivity contribution in [3.63, 3.8) is 0 Å². The van der Waals surface area contributed by atoms with Crippen LogP contribution in [0.1, 0.15) is 18.9 Å². The van der Waals surface area contributed by atoms with Crippen LogP contribution < -0.4 is 4.74 Å². The van der Waals surface area contributed by atoms with E-state index in [0.717, 1.165) is 0 Å². The fraction of sp³-hybridized carbons (Fsp3) is 0.524. The third kappa shape index (κ3) is 4.38. The van der Waals surface area contributed by atoms with Crippen LogP contribution in [0.4, 0.5) is 0 Å². The molecule has 1 fully saturated rings. The van der Waals surface area contributed by atoms with E-state index in [4.69, 9.17) is 21.1 Å². The fourth-order valence-electron chi connectivity index (χ4n) is 3.89. The average molecular weight is 459 g/mol. The molecular formula is C21H27ClO9. The second kappa shape index (κ2) is 9.14. The highest BCUT2D eigenvalue weighted by atomic mass is 35.5. The molecule has 2 aliphatic rings. The van der Waals surface area contributed by atoms with Crippen molar-refractivity contribution < 1.29 is 45.2 Å². The summed E-state index contributed by atoms with van der Waals surface area (Å²) in [5.74, 6) is -5.49. The van der Waals surface area contributed by atoms with Gasteiger partial charge in [0.05, 0.1) is 13.2 Å². The summed E-state index contributed by atoms with van der Waals surface area (Å²) in [5.41, 5.74) is 0.0233. The summed E-state index contributed by atoms with van der Waals surface area (Å²) in [6.07, 6.45) is -4.26. The van der Waals surface area contributed by atoms with Gasteiger partial charge in [-0.15, -0.1) is 0 Å². The molecule has 172 valence electrons. The predicted molar refractivity (Wildman–Crippen MR) is 109 cm³/mol. The van der Waals surface area contributed by atoms with E-state index in [1.807, 2.05) is 6.92 Å². The Balaban J connectivity index is 1.89. The summed E-state index contributed by atoms with van der Waals surface area (Å²) in [4.78, 5) is 0. The molecule has 1 aliphatic heterocycles. The maximum Gasteiger partial charge on any atom is 0.214 e. The van der Waals surface area contributed by atoms with E-state index in [1.54, 1.807) is 12.1 Å². The van der Waals surface area contributed by atoms with Gasteiger partial charge in [0.25, 0.3) is 0 Å². The lowest BCUT2D eigenvalue weighted by Crippen LogP contribution is -2.67. The Morgan fingerprint density at radius 2 is 1.81 bits per heavy atom. The maximum absolute atomic E-state index is 11.0. The van der Waals surface area contributed by atoms with Crippen molar-refractivity contribution in [2.24, 2.45) is 5.92 Å². The Labute approximate surface area is 184 Å². The molecule has 0 aromatic heterocycles. The molecule has 31 heavy (non-hydrogen) atoms. The van der Waals surface area contributed by atoms with E-state index in [1.165, 1.54) is 24.3 Å². The van der Waals surface area contributed by atoms with Crippen LogP contribution in [-0.4, -0.2) is 79.2 Å². The minimum absolute atomic E-state index is 0.0170. The SMILES string of the molecule is CCOc1ccc(C(O)(O)C2=C(Cl)C=CC(C3(O)OC(CO)C(O)C(O)C3O)C2)cc1. The van der Waals surface area contributed by atoms with Gasteiger partial charge in [-0.05, 0) is 43.7 Å². The van der Waals surface area contributed by atoms with E-state index in [0.29, 0.717) is 12.4 Å². The molecule has 7 N–H and O–H groups in total. The van der Waals surface area contributed by atoms with Crippen molar-refractivity contribution in [3.05, 3.63) is 52.6 Å². The normalized spacial score (nSPS) is 34.2. The summed E-state index contributed by atoms with van der Waals surface area (Å²) in [7, 11) is 0. The minimum Gasteiger partial charge on any atom is -0.494 e. The van der Waals surface area contributed by atoms with Crippen molar-refractivity contribution >= 4 is 11.6 Å². The molecule has 0 saturated carbocycles. The third-order valence-corrected chi connectivity index (χ3v) is 6.06. The summed E-state index contributed by atoms with van der Waals surface area (Å²) in [6.45, 7) is 1.55. The number of ether oxygens (including phenoxy) is 2. The van der Waals surface area contributed by atoms with Crippen molar-refractivity contribution in [1.82, 2.24) is 0 Å². The number of halogens is 1. The lowest BCUT2D eigenvalue weighted by molar-refractivity contribution is -0.363. The van der Waals surface area contributed by atoms with Gasteiger partial charge in [0, 0.05) is 22.1 Å². The minimum atomic E-state index is -2.52. The number of allylic oxidation sites excluding steroid dienone is 2. The summed E-state index contributed by atoms with van der Waals surface area (Å²) in [5, 5.41) is 72.7. The van der Waals surface area contributed by atoms with Crippen LogP contribution >= 0.6 is 11.6 Å². The smallest absolute Gasteiger partial charge is 0.214 e. The second-order valence-electron chi connectivity index (χ2n) is 7.64. The number of aliphatic hydroxyl groups excluding tert-OH is 4. The highest BCUT2D eigenvalue weighted by Gasteiger charge is 2.56. The first-order chi connectivity index (χ1) is 14.6. The first-order valence-electron chi connectivity index (χ1n) is 9.86. The molecule has 1 aromatic rings. The molecule has 10 heteroatoms. The lowest BCUT2D eigenvalue weighted by Gasteiger charge is -2.49. The van der Waals surface area contributed by atoms with E-state index in [9.17, 15) is 35.7 Å². The fourth-order valence-corrected chi connectivity index (χ4v) is 4.17. The van der Waals surface area contributed by atoms with E-state index < -0.39 is 48.5 Å². The van der Waals surface area contributed by atoms with Crippen LogP contribution in [0, 0.1) is 5.92 Å². The van der Waals surface area contributed by atoms with Gasteiger partial charge in [-0.2, -0.15) is 0 Å². The molecule has 0 amide bonds. The molecular weight excluding hydrogens is 432 g/mol. The largest absolute Gasteiger partial charge is 0.494 e. The molecule has 6 unspecified atom stereocenters. The number of aliphatic hydroxyl groups is 7. The average Bonchev–Trinajstić information content (AvgIpc) is 2.75. The molecule has 1 aromatic carbocycles.